The van der Waals surface area contributed by atoms with E-state index in [0.717, 1.165) is 5.57 Å². The van der Waals surface area contributed by atoms with Gasteiger partial charge in [-0.3, -0.25) is 9.59 Å². The number of aliphatic hydroxyl groups excluding tert-OH is 2. The van der Waals surface area contributed by atoms with Crippen molar-refractivity contribution in [2.24, 2.45) is 28.6 Å². The largest absolute Gasteiger partial charge is 0.509 e. The molecule has 8 atom stereocenters. The Morgan fingerprint density at radius 3 is 2.61 bits per heavy atom. The Morgan fingerprint density at radius 1 is 1.27 bits per heavy atom. The lowest BCUT2D eigenvalue weighted by Gasteiger charge is -2.64. The lowest BCUT2D eigenvalue weighted by atomic mass is 9.45. The Morgan fingerprint density at radius 2 is 1.97 bits per heavy atom. The molecular formula is C25H33ClO7. The number of hydrogen-bond acceptors (Lipinski definition) is 7. The molecule has 0 aromatic carbocycles. The molecule has 33 heavy (non-hydrogen) atoms. The van der Waals surface area contributed by atoms with Crippen molar-refractivity contribution in [3.63, 3.8) is 0 Å². The van der Waals surface area contributed by atoms with E-state index in [4.69, 9.17) is 21.1 Å². The van der Waals surface area contributed by atoms with Crippen LogP contribution in [0.5, 0.6) is 0 Å². The number of carbonyl (C=O) groups excluding carboxylic acids is 3. The van der Waals surface area contributed by atoms with Gasteiger partial charge in [0.1, 0.15) is 6.61 Å². The second-order valence-corrected chi connectivity index (χ2v) is 11.1. The average Bonchev–Trinajstić information content (AvgIpc) is 2.97. The van der Waals surface area contributed by atoms with Gasteiger partial charge < -0.3 is 19.7 Å². The molecule has 4 aliphatic rings. The van der Waals surface area contributed by atoms with Gasteiger partial charge in [0.05, 0.1) is 17.6 Å². The van der Waals surface area contributed by atoms with E-state index in [1.807, 2.05) is 26.8 Å². The maximum Gasteiger partial charge on any atom is 0.509 e. The summed E-state index contributed by atoms with van der Waals surface area (Å²) in [6.07, 6.45) is 4.90. The van der Waals surface area contributed by atoms with Crippen molar-refractivity contribution < 1.29 is 34.1 Å². The highest BCUT2D eigenvalue weighted by atomic mass is 35.5. The van der Waals surface area contributed by atoms with Gasteiger partial charge in [-0.2, -0.15) is 0 Å². The van der Waals surface area contributed by atoms with Crippen LogP contribution in [0.15, 0.2) is 23.8 Å². The molecule has 7 nitrogen and oxygen atoms in total. The fourth-order valence-corrected chi connectivity index (χ4v) is 8.32. The number of Topliss-reactive ketones (excluding diaryl/α,β-unsaturated/α-hetero) is 1. The summed E-state index contributed by atoms with van der Waals surface area (Å²) in [7, 11) is 0. The van der Waals surface area contributed by atoms with Crippen molar-refractivity contribution in [2.75, 3.05) is 13.2 Å². The van der Waals surface area contributed by atoms with E-state index in [0.29, 0.717) is 19.3 Å². The van der Waals surface area contributed by atoms with Crippen molar-refractivity contribution in [1.29, 1.82) is 0 Å². The molecule has 4 aliphatic carbocycles. The molecule has 182 valence electrons. The van der Waals surface area contributed by atoms with Gasteiger partial charge >= 0.3 is 6.16 Å². The second kappa shape index (κ2) is 7.92. The molecule has 0 heterocycles. The molecule has 0 radical (unpaired) electrons. The predicted molar refractivity (Wildman–Crippen MR) is 121 cm³/mol. The molecule has 0 amide bonds. The van der Waals surface area contributed by atoms with Crippen molar-refractivity contribution in [1.82, 2.24) is 0 Å². The van der Waals surface area contributed by atoms with E-state index >= 15 is 0 Å². The van der Waals surface area contributed by atoms with Crippen LogP contribution in [0, 0.1) is 28.6 Å². The van der Waals surface area contributed by atoms with Gasteiger partial charge in [0.2, 0.25) is 5.78 Å². The maximum absolute atomic E-state index is 13.3. The zero-order valence-electron chi connectivity index (χ0n) is 19.6. The number of carbonyl (C=O) groups is 3. The highest BCUT2D eigenvalue weighted by Gasteiger charge is 2.76. The number of rotatable bonds is 4. The summed E-state index contributed by atoms with van der Waals surface area (Å²) in [6, 6.07) is 0. The van der Waals surface area contributed by atoms with Crippen LogP contribution < -0.4 is 0 Å². The van der Waals surface area contributed by atoms with Crippen LogP contribution in [0.4, 0.5) is 4.79 Å². The summed E-state index contributed by atoms with van der Waals surface area (Å²) in [5.74, 6) is -1.43. The van der Waals surface area contributed by atoms with Gasteiger partial charge in [0.25, 0.3) is 0 Å². The third kappa shape index (κ3) is 2.98. The fourth-order valence-electron chi connectivity index (χ4n) is 7.80. The molecule has 0 aromatic heterocycles. The first kappa shape index (κ1) is 24.4. The Labute approximate surface area is 199 Å². The highest BCUT2D eigenvalue weighted by Crippen LogP contribution is 2.72. The molecule has 0 bridgehead atoms. The van der Waals surface area contributed by atoms with Crippen LogP contribution in [0.2, 0.25) is 0 Å². The third-order valence-corrected chi connectivity index (χ3v) is 10.2. The number of ketones is 2. The fraction of sp³-hybridized carbons (Fsp3) is 0.720. The van der Waals surface area contributed by atoms with Gasteiger partial charge in [-0.25, -0.2) is 4.79 Å². The van der Waals surface area contributed by atoms with E-state index in [1.54, 1.807) is 13.0 Å². The van der Waals surface area contributed by atoms with E-state index < -0.39 is 51.9 Å². The Bertz CT molecular complexity index is 943. The van der Waals surface area contributed by atoms with Crippen LogP contribution >= 0.6 is 11.6 Å². The zero-order chi connectivity index (χ0) is 24.4. The van der Waals surface area contributed by atoms with Gasteiger partial charge in [-0.05, 0) is 56.6 Å². The van der Waals surface area contributed by atoms with Crippen LogP contribution in [0.25, 0.3) is 0 Å². The molecule has 0 saturated heterocycles. The van der Waals surface area contributed by atoms with Crippen LogP contribution in [0.3, 0.4) is 0 Å². The number of alkyl halides is 1. The SMILES string of the molecule is CCOC(=O)O[C@]1(C(=O)CO)[C@H](C)C[C@H]2[C@@H]3CCC4=CC(=O)C=C[C@]4(C)[C@@]3(Cl)C(O)C[C@@]21C. The summed E-state index contributed by atoms with van der Waals surface area (Å²) in [5, 5.41) is 21.5. The topological polar surface area (TPSA) is 110 Å². The van der Waals surface area contributed by atoms with Crippen LogP contribution in [-0.2, 0) is 19.1 Å². The van der Waals surface area contributed by atoms with Crippen molar-refractivity contribution in [3.8, 4) is 0 Å². The first-order valence-electron chi connectivity index (χ1n) is 11.7. The lowest BCUT2D eigenvalue weighted by molar-refractivity contribution is -0.185. The molecule has 4 rings (SSSR count). The Kier molecular flexibility index (Phi) is 5.86. The average molecular weight is 481 g/mol. The lowest BCUT2D eigenvalue weighted by Crippen LogP contribution is -2.69. The summed E-state index contributed by atoms with van der Waals surface area (Å²) in [4.78, 5) is 36.7. The van der Waals surface area contributed by atoms with E-state index in [2.05, 4.69) is 0 Å². The van der Waals surface area contributed by atoms with E-state index in [-0.39, 0.29) is 30.6 Å². The van der Waals surface area contributed by atoms with Gasteiger partial charge in [-0.1, -0.05) is 32.4 Å². The van der Waals surface area contributed by atoms with Gasteiger partial charge in [-0.15, -0.1) is 11.6 Å². The van der Waals surface area contributed by atoms with Gasteiger partial charge in [0, 0.05) is 16.7 Å². The van der Waals surface area contributed by atoms with E-state index in [9.17, 15) is 24.6 Å². The number of fused-ring (bicyclic) bond motifs is 5. The minimum Gasteiger partial charge on any atom is -0.435 e. The normalized spacial score (nSPS) is 46.0. The number of hydrogen-bond donors (Lipinski definition) is 2. The van der Waals surface area contributed by atoms with Crippen molar-refractivity contribution >= 4 is 29.3 Å². The van der Waals surface area contributed by atoms with Gasteiger partial charge in [0.15, 0.2) is 11.4 Å². The van der Waals surface area contributed by atoms with Crippen LogP contribution in [0.1, 0.15) is 53.4 Å². The second-order valence-electron chi connectivity index (χ2n) is 10.5. The molecule has 0 aromatic rings. The van der Waals surface area contributed by atoms with Crippen LogP contribution in [-0.4, -0.2) is 57.7 Å². The Hall–Kier alpha value is -1.70. The Balaban J connectivity index is 1.83. The zero-order valence-corrected chi connectivity index (χ0v) is 20.4. The monoisotopic (exact) mass is 480 g/mol. The highest BCUT2D eigenvalue weighted by molar-refractivity contribution is 6.26. The first-order valence-corrected chi connectivity index (χ1v) is 12.1. The number of allylic oxidation sites excluding steroid dienone is 4. The summed E-state index contributed by atoms with van der Waals surface area (Å²) in [5.41, 5.74) is -2.39. The molecule has 0 aliphatic heterocycles. The molecule has 3 fully saturated rings. The number of halogens is 1. The minimum absolute atomic E-state index is 0.0822. The molecular weight excluding hydrogens is 448 g/mol. The quantitative estimate of drug-likeness (QED) is 0.469. The smallest absolute Gasteiger partial charge is 0.435 e. The summed E-state index contributed by atoms with van der Waals surface area (Å²) in [6.45, 7) is 6.62. The predicted octanol–water partition coefficient (Wildman–Crippen LogP) is 3.35. The standard InChI is InChI=1S/C25H33ClO7/c1-5-32-21(31)33-25(20(30)13-27)14(2)10-18-17-7-6-15-11-16(28)8-9-22(15,3)24(17,26)19(29)12-23(18,25)4/h8-9,11,14,17-19,27,29H,5-7,10,12-13H2,1-4H3/t14-,17+,18+,19?,22+,23+,24+,25+/m1/s1. The number of aliphatic hydroxyl groups is 2. The minimum atomic E-state index is -1.63. The molecule has 1 unspecified atom stereocenters. The molecule has 0 spiro atoms. The summed E-state index contributed by atoms with van der Waals surface area (Å²) >= 11 is 7.41. The molecule has 2 N–H and O–H groups in total. The molecule has 3 saturated carbocycles. The first-order chi connectivity index (χ1) is 15.4. The molecule has 8 heteroatoms. The van der Waals surface area contributed by atoms with E-state index in [1.165, 1.54) is 6.08 Å². The van der Waals surface area contributed by atoms with Crippen molar-refractivity contribution in [2.45, 2.75) is 70.0 Å². The van der Waals surface area contributed by atoms with Crippen molar-refractivity contribution in [3.05, 3.63) is 23.8 Å². The number of ether oxygens (including phenoxy) is 2. The maximum atomic E-state index is 13.3. The third-order valence-electron chi connectivity index (χ3n) is 9.25. The summed E-state index contributed by atoms with van der Waals surface area (Å²) < 4.78 is 10.8.